The average Bonchev–Trinajstić information content (AvgIpc) is 2.32. The van der Waals surface area contributed by atoms with Crippen LogP contribution in [-0.2, 0) is 0 Å². The first-order valence-corrected chi connectivity index (χ1v) is 6.03. The summed E-state index contributed by atoms with van der Waals surface area (Å²) in [5.74, 6) is -0.539. The van der Waals surface area contributed by atoms with Gasteiger partial charge in [0, 0.05) is 31.4 Å². The molecule has 1 unspecified atom stereocenters. The van der Waals surface area contributed by atoms with Crippen molar-refractivity contribution >= 4 is 11.6 Å². The Hall–Kier alpha value is -1.62. The van der Waals surface area contributed by atoms with Crippen LogP contribution in [0.15, 0.2) is 18.2 Å². The Morgan fingerprint density at radius 1 is 1.44 bits per heavy atom. The van der Waals surface area contributed by atoms with Gasteiger partial charge in [0.2, 0.25) is 0 Å². The van der Waals surface area contributed by atoms with Crippen molar-refractivity contribution in [2.45, 2.75) is 13.0 Å². The summed E-state index contributed by atoms with van der Waals surface area (Å²) in [4.78, 5) is 16.3. The Morgan fingerprint density at radius 2 is 2.17 bits per heavy atom. The molecular formula is C13H18FN3O. The highest BCUT2D eigenvalue weighted by Gasteiger charge is 2.26. The maximum atomic E-state index is 13.0. The molecule has 1 atom stereocenters. The minimum Gasteiger partial charge on any atom is -0.398 e. The number of nitrogens with two attached hydrogens (primary N) is 1. The Bertz CT molecular complexity index is 464. The first-order chi connectivity index (χ1) is 8.49. The lowest BCUT2D eigenvalue weighted by Gasteiger charge is -2.37. The SMILES string of the molecule is CC1CN(C(=O)c2ccc(F)cc2N)CCN1C. The fraction of sp³-hybridized carbons (Fsp3) is 0.462. The summed E-state index contributed by atoms with van der Waals surface area (Å²) in [6.07, 6.45) is 0. The van der Waals surface area contributed by atoms with Crippen LogP contribution in [0.3, 0.4) is 0 Å². The van der Waals surface area contributed by atoms with Gasteiger partial charge in [-0.2, -0.15) is 0 Å². The molecule has 0 aromatic heterocycles. The van der Waals surface area contributed by atoms with E-state index in [2.05, 4.69) is 11.8 Å². The molecule has 0 aliphatic carbocycles. The van der Waals surface area contributed by atoms with Crippen molar-refractivity contribution in [3.63, 3.8) is 0 Å². The first kappa shape index (κ1) is 12.8. The molecule has 0 saturated carbocycles. The van der Waals surface area contributed by atoms with Gasteiger partial charge < -0.3 is 15.5 Å². The molecule has 1 aliphatic heterocycles. The van der Waals surface area contributed by atoms with E-state index in [0.29, 0.717) is 24.7 Å². The summed E-state index contributed by atoms with van der Waals surface area (Å²) < 4.78 is 13.0. The van der Waals surface area contributed by atoms with E-state index < -0.39 is 5.82 Å². The molecule has 1 aromatic carbocycles. The van der Waals surface area contributed by atoms with E-state index in [1.165, 1.54) is 18.2 Å². The quantitative estimate of drug-likeness (QED) is 0.763. The van der Waals surface area contributed by atoms with Crippen LogP contribution in [0.25, 0.3) is 0 Å². The standard InChI is InChI=1S/C13H18FN3O/c1-9-8-17(6-5-16(9)2)13(18)11-4-3-10(14)7-12(11)15/h3-4,7,9H,5-6,8,15H2,1-2H3. The number of carbonyl (C=O) groups excluding carboxylic acids is 1. The topological polar surface area (TPSA) is 49.6 Å². The summed E-state index contributed by atoms with van der Waals surface area (Å²) >= 11 is 0. The number of hydrogen-bond acceptors (Lipinski definition) is 3. The van der Waals surface area contributed by atoms with Crippen LogP contribution in [0.4, 0.5) is 10.1 Å². The molecule has 1 saturated heterocycles. The van der Waals surface area contributed by atoms with Crippen molar-refractivity contribution in [1.29, 1.82) is 0 Å². The molecule has 5 heteroatoms. The van der Waals surface area contributed by atoms with E-state index in [1.54, 1.807) is 4.90 Å². The van der Waals surface area contributed by atoms with Crippen LogP contribution in [0, 0.1) is 5.82 Å². The van der Waals surface area contributed by atoms with Crippen LogP contribution in [0.1, 0.15) is 17.3 Å². The highest BCUT2D eigenvalue weighted by molar-refractivity contribution is 5.99. The molecule has 2 N–H and O–H groups in total. The van der Waals surface area contributed by atoms with Crippen molar-refractivity contribution in [1.82, 2.24) is 9.80 Å². The van der Waals surface area contributed by atoms with Gasteiger partial charge in [-0.15, -0.1) is 0 Å². The number of rotatable bonds is 1. The molecule has 98 valence electrons. The maximum Gasteiger partial charge on any atom is 0.256 e. The van der Waals surface area contributed by atoms with Gasteiger partial charge in [0.15, 0.2) is 0 Å². The zero-order valence-electron chi connectivity index (χ0n) is 10.7. The van der Waals surface area contributed by atoms with Crippen LogP contribution in [-0.4, -0.2) is 48.4 Å². The number of nitrogen functional groups attached to an aromatic ring is 1. The number of amides is 1. The molecule has 1 aromatic rings. The highest BCUT2D eigenvalue weighted by Crippen LogP contribution is 2.18. The van der Waals surface area contributed by atoms with Crippen molar-refractivity contribution in [3.8, 4) is 0 Å². The third-order valence-electron chi connectivity index (χ3n) is 3.49. The smallest absolute Gasteiger partial charge is 0.256 e. The minimum absolute atomic E-state index is 0.118. The average molecular weight is 251 g/mol. The monoisotopic (exact) mass is 251 g/mol. The van der Waals surface area contributed by atoms with Gasteiger partial charge in [0.1, 0.15) is 5.82 Å². The Kier molecular flexibility index (Phi) is 3.52. The van der Waals surface area contributed by atoms with E-state index in [1.807, 2.05) is 7.05 Å². The van der Waals surface area contributed by atoms with Crippen molar-refractivity contribution in [3.05, 3.63) is 29.6 Å². The van der Waals surface area contributed by atoms with Crippen molar-refractivity contribution in [2.75, 3.05) is 32.4 Å². The van der Waals surface area contributed by atoms with E-state index >= 15 is 0 Å². The van der Waals surface area contributed by atoms with Gasteiger partial charge in [0.25, 0.3) is 5.91 Å². The maximum absolute atomic E-state index is 13.0. The lowest BCUT2D eigenvalue weighted by atomic mass is 10.1. The third-order valence-corrected chi connectivity index (χ3v) is 3.49. The number of nitrogens with zero attached hydrogens (tertiary/aromatic N) is 2. The van der Waals surface area contributed by atoms with E-state index in [9.17, 15) is 9.18 Å². The number of likely N-dealkylation sites (N-methyl/N-ethyl adjacent to an activating group) is 1. The second-order valence-electron chi connectivity index (χ2n) is 4.81. The molecule has 0 bridgehead atoms. The number of anilines is 1. The number of halogens is 1. The van der Waals surface area contributed by atoms with Crippen LogP contribution >= 0.6 is 0 Å². The molecular weight excluding hydrogens is 233 g/mol. The predicted molar refractivity (Wildman–Crippen MR) is 68.8 cm³/mol. The third kappa shape index (κ3) is 2.46. The summed E-state index contributed by atoms with van der Waals surface area (Å²) in [5.41, 5.74) is 6.28. The molecule has 18 heavy (non-hydrogen) atoms. The van der Waals surface area contributed by atoms with Crippen molar-refractivity contribution < 1.29 is 9.18 Å². The summed E-state index contributed by atoms with van der Waals surface area (Å²) in [7, 11) is 2.04. The van der Waals surface area contributed by atoms with Gasteiger partial charge in [-0.3, -0.25) is 4.79 Å². The molecule has 1 amide bonds. The van der Waals surface area contributed by atoms with Gasteiger partial charge in [-0.05, 0) is 32.2 Å². The van der Waals surface area contributed by atoms with Crippen LogP contribution in [0.2, 0.25) is 0 Å². The Morgan fingerprint density at radius 3 is 2.78 bits per heavy atom. The molecule has 2 rings (SSSR count). The largest absolute Gasteiger partial charge is 0.398 e. The van der Waals surface area contributed by atoms with E-state index in [0.717, 1.165) is 6.54 Å². The fourth-order valence-corrected chi connectivity index (χ4v) is 2.13. The number of benzene rings is 1. The van der Waals surface area contributed by atoms with E-state index in [4.69, 9.17) is 5.73 Å². The number of carbonyl (C=O) groups is 1. The van der Waals surface area contributed by atoms with Gasteiger partial charge in [0.05, 0.1) is 5.56 Å². The van der Waals surface area contributed by atoms with E-state index in [-0.39, 0.29) is 11.6 Å². The minimum atomic E-state index is -0.421. The second kappa shape index (κ2) is 4.94. The Balaban J connectivity index is 2.16. The summed E-state index contributed by atoms with van der Waals surface area (Å²) in [6.45, 7) is 4.27. The zero-order valence-corrected chi connectivity index (χ0v) is 10.7. The summed E-state index contributed by atoms with van der Waals surface area (Å²) in [5, 5.41) is 0. The molecule has 1 fully saturated rings. The Labute approximate surface area is 106 Å². The first-order valence-electron chi connectivity index (χ1n) is 6.03. The van der Waals surface area contributed by atoms with Crippen LogP contribution < -0.4 is 5.73 Å². The molecule has 0 spiro atoms. The van der Waals surface area contributed by atoms with Crippen LogP contribution in [0.5, 0.6) is 0 Å². The highest BCUT2D eigenvalue weighted by atomic mass is 19.1. The number of piperazine rings is 1. The van der Waals surface area contributed by atoms with Gasteiger partial charge in [-0.1, -0.05) is 0 Å². The molecule has 1 aliphatic rings. The molecule has 1 heterocycles. The molecule has 4 nitrogen and oxygen atoms in total. The van der Waals surface area contributed by atoms with Crippen molar-refractivity contribution in [2.24, 2.45) is 0 Å². The fourth-order valence-electron chi connectivity index (χ4n) is 2.13. The predicted octanol–water partition coefficient (Wildman–Crippen LogP) is 1.18. The van der Waals surface area contributed by atoms with Gasteiger partial charge in [-0.25, -0.2) is 4.39 Å². The molecule has 0 radical (unpaired) electrons. The van der Waals surface area contributed by atoms with Gasteiger partial charge >= 0.3 is 0 Å². The second-order valence-corrected chi connectivity index (χ2v) is 4.81. The lowest BCUT2D eigenvalue weighted by Crippen LogP contribution is -2.52. The normalized spacial score (nSPS) is 21.1. The zero-order chi connectivity index (χ0) is 13.3. The summed E-state index contributed by atoms with van der Waals surface area (Å²) in [6, 6.07) is 4.23. The number of hydrogen-bond donors (Lipinski definition) is 1. The lowest BCUT2D eigenvalue weighted by molar-refractivity contribution is 0.0573.